The highest BCUT2D eigenvalue weighted by Gasteiger charge is 2.25. The number of thioether (sulfide) groups is 1. The molecule has 0 bridgehead atoms. The molecule has 1 aromatic heterocycles. The third kappa shape index (κ3) is 3.96. The summed E-state index contributed by atoms with van der Waals surface area (Å²) >= 11 is 1.78. The standard InChI is InChI=1S/C13H21N3S/c1-2-14-12-6-3-5-11(12)7-10-17-13-15-8-4-9-16-13/h4,8-9,11-12,14H,2-3,5-7,10H2,1H3. The van der Waals surface area contributed by atoms with Crippen LogP contribution in [0.15, 0.2) is 23.6 Å². The van der Waals surface area contributed by atoms with Crippen LogP contribution < -0.4 is 5.32 Å². The molecule has 0 spiro atoms. The molecule has 1 saturated carbocycles. The minimum Gasteiger partial charge on any atom is -0.314 e. The summed E-state index contributed by atoms with van der Waals surface area (Å²) in [4.78, 5) is 8.47. The van der Waals surface area contributed by atoms with Gasteiger partial charge in [-0.1, -0.05) is 25.1 Å². The Morgan fingerprint density at radius 2 is 2.18 bits per heavy atom. The van der Waals surface area contributed by atoms with Gasteiger partial charge in [0.25, 0.3) is 0 Å². The van der Waals surface area contributed by atoms with E-state index in [1.807, 2.05) is 18.5 Å². The minimum absolute atomic E-state index is 0.747. The Balaban J connectivity index is 1.71. The Morgan fingerprint density at radius 1 is 1.35 bits per heavy atom. The first-order chi connectivity index (χ1) is 8.40. The molecule has 1 aliphatic carbocycles. The molecule has 2 atom stereocenters. The van der Waals surface area contributed by atoms with Crippen LogP contribution in [0.3, 0.4) is 0 Å². The molecule has 0 amide bonds. The van der Waals surface area contributed by atoms with Crippen LogP contribution in [0.25, 0.3) is 0 Å². The topological polar surface area (TPSA) is 37.8 Å². The van der Waals surface area contributed by atoms with E-state index >= 15 is 0 Å². The summed E-state index contributed by atoms with van der Waals surface area (Å²) < 4.78 is 0. The predicted octanol–water partition coefficient (Wildman–Crippen LogP) is 2.74. The summed E-state index contributed by atoms with van der Waals surface area (Å²) in [5.74, 6) is 1.99. The second kappa shape index (κ2) is 6.97. The van der Waals surface area contributed by atoms with Crippen molar-refractivity contribution in [2.45, 2.75) is 43.8 Å². The van der Waals surface area contributed by atoms with Crippen molar-refractivity contribution in [2.75, 3.05) is 12.3 Å². The van der Waals surface area contributed by atoms with Crippen LogP contribution in [-0.2, 0) is 0 Å². The highest BCUT2D eigenvalue weighted by atomic mass is 32.2. The Morgan fingerprint density at radius 3 is 2.94 bits per heavy atom. The number of nitrogens with one attached hydrogen (secondary N) is 1. The van der Waals surface area contributed by atoms with Crippen LogP contribution in [0.5, 0.6) is 0 Å². The van der Waals surface area contributed by atoms with Gasteiger partial charge in [-0.2, -0.15) is 0 Å². The average molecular weight is 251 g/mol. The zero-order valence-corrected chi connectivity index (χ0v) is 11.2. The average Bonchev–Trinajstić information content (AvgIpc) is 2.79. The molecule has 0 aromatic carbocycles. The molecule has 2 unspecified atom stereocenters. The van der Waals surface area contributed by atoms with Gasteiger partial charge < -0.3 is 5.32 Å². The van der Waals surface area contributed by atoms with E-state index < -0.39 is 0 Å². The summed E-state index contributed by atoms with van der Waals surface area (Å²) in [7, 11) is 0. The maximum Gasteiger partial charge on any atom is 0.187 e. The molecule has 94 valence electrons. The van der Waals surface area contributed by atoms with Crippen LogP contribution in [0.4, 0.5) is 0 Å². The smallest absolute Gasteiger partial charge is 0.187 e. The summed E-state index contributed by atoms with van der Waals surface area (Å²) in [6, 6.07) is 2.61. The zero-order chi connectivity index (χ0) is 11.9. The Kier molecular flexibility index (Phi) is 5.26. The zero-order valence-electron chi connectivity index (χ0n) is 10.4. The molecule has 0 aliphatic heterocycles. The number of hydrogen-bond acceptors (Lipinski definition) is 4. The number of aromatic nitrogens is 2. The summed E-state index contributed by atoms with van der Waals surface area (Å²) in [6.07, 6.45) is 9.02. The van der Waals surface area contributed by atoms with Gasteiger partial charge in [-0.05, 0) is 37.8 Å². The molecule has 0 radical (unpaired) electrons. The lowest BCUT2D eigenvalue weighted by atomic mass is 10.0. The fraction of sp³-hybridized carbons (Fsp3) is 0.692. The van der Waals surface area contributed by atoms with Gasteiger partial charge in [0, 0.05) is 24.2 Å². The third-order valence-corrected chi connectivity index (χ3v) is 4.30. The van der Waals surface area contributed by atoms with E-state index in [9.17, 15) is 0 Å². The number of rotatable bonds is 6. The van der Waals surface area contributed by atoms with Crippen LogP contribution in [0, 0.1) is 5.92 Å². The van der Waals surface area contributed by atoms with Crippen molar-refractivity contribution in [1.82, 2.24) is 15.3 Å². The lowest BCUT2D eigenvalue weighted by Crippen LogP contribution is -2.32. The van der Waals surface area contributed by atoms with Gasteiger partial charge in [0.1, 0.15) is 0 Å². The molecule has 1 heterocycles. The maximum absolute atomic E-state index is 4.23. The van der Waals surface area contributed by atoms with Crippen molar-refractivity contribution in [2.24, 2.45) is 5.92 Å². The Hall–Kier alpha value is -0.610. The lowest BCUT2D eigenvalue weighted by molar-refractivity contribution is 0.400. The van der Waals surface area contributed by atoms with E-state index in [4.69, 9.17) is 0 Å². The van der Waals surface area contributed by atoms with E-state index in [-0.39, 0.29) is 0 Å². The quantitative estimate of drug-likeness (QED) is 0.623. The van der Waals surface area contributed by atoms with E-state index in [0.717, 1.165) is 29.4 Å². The molecule has 0 saturated heterocycles. The van der Waals surface area contributed by atoms with Crippen LogP contribution in [0.2, 0.25) is 0 Å². The van der Waals surface area contributed by atoms with E-state index in [1.165, 1.54) is 25.7 Å². The van der Waals surface area contributed by atoms with Crippen molar-refractivity contribution in [3.8, 4) is 0 Å². The van der Waals surface area contributed by atoms with Crippen molar-refractivity contribution >= 4 is 11.8 Å². The SMILES string of the molecule is CCNC1CCCC1CCSc1ncccn1. The van der Waals surface area contributed by atoms with Gasteiger partial charge in [0.2, 0.25) is 0 Å². The van der Waals surface area contributed by atoms with Crippen LogP contribution >= 0.6 is 11.8 Å². The molecule has 1 fully saturated rings. The van der Waals surface area contributed by atoms with Crippen molar-refractivity contribution in [3.05, 3.63) is 18.5 Å². The Bertz CT molecular complexity index is 318. The molecule has 3 nitrogen and oxygen atoms in total. The second-order valence-electron chi connectivity index (χ2n) is 4.52. The van der Waals surface area contributed by atoms with Gasteiger partial charge in [-0.15, -0.1) is 0 Å². The Labute approximate surface area is 108 Å². The van der Waals surface area contributed by atoms with Gasteiger partial charge in [-0.3, -0.25) is 0 Å². The lowest BCUT2D eigenvalue weighted by Gasteiger charge is -2.19. The highest BCUT2D eigenvalue weighted by molar-refractivity contribution is 7.99. The minimum atomic E-state index is 0.747. The molecule has 2 rings (SSSR count). The van der Waals surface area contributed by atoms with Crippen molar-refractivity contribution < 1.29 is 0 Å². The van der Waals surface area contributed by atoms with Crippen LogP contribution in [0.1, 0.15) is 32.6 Å². The molecule has 1 aromatic rings. The summed E-state index contributed by atoms with van der Waals surface area (Å²) in [5.41, 5.74) is 0. The first-order valence-electron chi connectivity index (χ1n) is 6.53. The first-order valence-corrected chi connectivity index (χ1v) is 7.52. The molecular formula is C13H21N3S. The summed E-state index contributed by atoms with van der Waals surface area (Å²) in [5, 5.41) is 4.51. The molecule has 1 N–H and O–H groups in total. The largest absolute Gasteiger partial charge is 0.314 e. The number of hydrogen-bond donors (Lipinski definition) is 1. The van der Waals surface area contributed by atoms with Crippen LogP contribution in [-0.4, -0.2) is 28.3 Å². The second-order valence-corrected chi connectivity index (χ2v) is 5.59. The van der Waals surface area contributed by atoms with Crippen molar-refractivity contribution in [3.63, 3.8) is 0 Å². The van der Waals surface area contributed by atoms with E-state index in [0.29, 0.717) is 0 Å². The fourth-order valence-corrected chi connectivity index (χ4v) is 3.45. The van der Waals surface area contributed by atoms with E-state index in [1.54, 1.807) is 11.8 Å². The molecular weight excluding hydrogens is 230 g/mol. The summed E-state index contributed by atoms with van der Waals surface area (Å²) in [6.45, 7) is 3.29. The highest BCUT2D eigenvalue weighted by Crippen LogP contribution is 2.30. The van der Waals surface area contributed by atoms with Gasteiger partial charge in [0.15, 0.2) is 5.16 Å². The predicted molar refractivity (Wildman–Crippen MR) is 72.2 cm³/mol. The van der Waals surface area contributed by atoms with Gasteiger partial charge in [-0.25, -0.2) is 9.97 Å². The fourth-order valence-electron chi connectivity index (χ4n) is 2.57. The van der Waals surface area contributed by atoms with Crippen molar-refractivity contribution in [1.29, 1.82) is 0 Å². The number of nitrogens with zero attached hydrogens (tertiary/aromatic N) is 2. The molecule has 1 aliphatic rings. The van der Waals surface area contributed by atoms with E-state index in [2.05, 4.69) is 22.2 Å². The monoisotopic (exact) mass is 251 g/mol. The third-order valence-electron chi connectivity index (χ3n) is 3.39. The molecule has 17 heavy (non-hydrogen) atoms. The maximum atomic E-state index is 4.23. The normalized spacial score (nSPS) is 24.1. The molecule has 4 heteroatoms. The first kappa shape index (κ1) is 12.8. The van der Waals surface area contributed by atoms with Gasteiger partial charge in [0.05, 0.1) is 0 Å². The van der Waals surface area contributed by atoms with Gasteiger partial charge >= 0.3 is 0 Å².